The van der Waals surface area contributed by atoms with Gasteiger partial charge in [-0.2, -0.15) is 0 Å². The van der Waals surface area contributed by atoms with Gasteiger partial charge in [0, 0.05) is 43.7 Å². The van der Waals surface area contributed by atoms with E-state index < -0.39 is 12.0 Å². The van der Waals surface area contributed by atoms with E-state index in [0.29, 0.717) is 6.54 Å². The van der Waals surface area contributed by atoms with Crippen LogP contribution in [0.25, 0.3) is 0 Å². The number of likely N-dealkylation sites (tertiary alicyclic amines) is 1. The second-order valence-corrected chi connectivity index (χ2v) is 7.87. The monoisotopic (exact) mass is 395 g/mol. The highest BCUT2D eigenvalue weighted by molar-refractivity contribution is 5.88. The topological polar surface area (TPSA) is 91.6 Å². The Morgan fingerprint density at radius 1 is 1.17 bits per heavy atom. The molecule has 3 heterocycles. The maximum Gasteiger partial charge on any atom is 0.250 e. The Morgan fingerprint density at radius 3 is 2.55 bits per heavy atom. The normalized spacial score (nSPS) is 26.0. The summed E-state index contributed by atoms with van der Waals surface area (Å²) in [5.41, 5.74) is 1.56. The van der Waals surface area contributed by atoms with Gasteiger partial charge in [0.2, 0.25) is 11.8 Å². The van der Waals surface area contributed by atoms with Crippen molar-refractivity contribution in [3.05, 3.63) is 70.1 Å². The fourth-order valence-electron chi connectivity index (χ4n) is 4.92. The largest absolute Gasteiger partial charge is 0.396 e. The van der Waals surface area contributed by atoms with Gasteiger partial charge in [-0.15, -0.1) is 0 Å². The smallest absolute Gasteiger partial charge is 0.250 e. The van der Waals surface area contributed by atoms with Crippen LogP contribution in [0.5, 0.6) is 0 Å². The van der Waals surface area contributed by atoms with Crippen molar-refractivity contribution in [3.8, 4) is 0 Å². The number of rotatable bonds is 4. The van der Waals surface area contributed by atoms with Gasteiger partial charge >= 0.3 is 0 Å². The third-order valence-corrected chi connectivity index (χ3v) is 6.24. The number of carbonyl (C=O) groups is 2. The van der Waals surface area contributed by atoms with Gasteiger partial charge in [-0.3, -0.25) is 14.4 Å². The van der Waals surface area contributed by atoms with Crippen molar-refractivity contribution >= 4 is 11.8 Å². The molecule has 2 aliphatic rings. The van der Waals surface area contributed by atoms with Crippen molar-refractivity contribution in [3.63, 3.8) is 0 Å². The summed E-state index contributed by atoms with van der Waals surface area (Å²) in [5.74, 6) is -1.14. The number of hydrogen-bond donors (Lipinski definition) is 2. The Bertz CT molecular complexity index is 987. The SMILES string of the molecule is CC(=O)N1[C@@H]2c3cccc(=O)n3C[C@@H]2[C@@H](CO)[C@@H]1C(=O)N[C@H](C)c1ccccc1. The lowest BCUT2D eigenvalue weighted by Gasteiger charge is -2.31. The van der Waals surface area contributed by atoms with Crippen LogP contribution in [0.3, 0.4) is 0 Å². The molecule has 0 radical (unpaired) electrons. The molecule has 7 nitrogen and oxygen atoms in total. The number of aliphatic hydroxyl groups excluding tert-OH is 1. The Hall–Kier alpha value is -2.93. The third-order valence-electron chi connectivity index (χ3n) is 6.24. The summed E-state index contributed by atoms with van der Waals surface area (Å²) in [5, 5.41) is 13.1. The van der Waals surface area contributed by atoms with Crippen molar-refractivity contribution in [1.29, 1.82) is 0 Å². The van der Waals surface area contributed by atoms with E-state index >= 15 is 0 Å². The Morgan fingerprint density at radius 2 is 1.90 bits per heavy atom. The van der Waals surface area contributed by atoms with E-state index in [0.717, 1.165) is 11.3 Å². The van der Waals surface area contributed by atoms with Crippen molar-refractivity contribution in [2.24, 2.45) is 11.8 Å². The summed E-state index contributed by atoms with van der Waals surface area (Å²) in [7, 11) is 0. The molecule has 2 amide bonds. The number of aliphatic hydroxyl groups is 1. The number of benzene rings is 1. The molecule has 2 aromatic rings. The first-order valence-corrected chi connectivity index (χ1v) is 9.89. The molecule has 4 rings (SSSR count). The fourth-order valence-corrected chi connectivity index (χ4v) is 4.92. The Labute approximate surface area is 169 Å². The molecular formula is C22H25N3O4. The van der Waals surface area contributed by atoms with E-state index in [1.54, 1.807) is 15.5 Å². The van der Waals surface area contributed by atoms with Gasteiger partial charge in [0.25, 0.3) is 5.56 Å². The average molecular weight is 395 g/mol. The first-order chi connectivity index (χ1) is 13.9. The number of nitrogens with zero attached hydrogens (tertiary/aromatic N) is 2. The number of aromatic nitrogens is 1. The number of nitrogens with one attached hydrogen (secondary N) is 1. The predicted octanol–water partition coefficient (Wildman–Crippen LogP) is 1.24. The number of fused-ring (bicyclic) bond motifs is 3. The minimum absolute atomic E-state index is 0.129. The summed E-state index contributed by atoms with van der Waals surface area (Å²) in [6, 6.07) is 13.2. The lowest BCUT2D eigenvalue weighted by Crippen LogP contribution is -2.50. The quantitative estimate of drug-likeness (QED) is 0.815. The van der Waals surface area contributed by atoms with Crippen LogP contribution >= 0.6 is 0 Å². The van der Waals surface area contributed by atoms with Crippen LogP contribution in [-0.4, -0.2) is 39.0 Å². The van der Waals surface area contributed by atoms with Crippen LogP contribution in [0, 0.1) is 11.8 Å². The van der Waals surface area contributed by atoms with E-state index in [1.807, 2.05) is 43.3 Å². The molecular weight excluding hydrogens is 370 g/mol. The van der Waals surface area contributed by atoms with E-state index in [2.05, 4.69) is 5.32 Å². The molecule has 1 saturated heterocycles. The molecule has 5 atom stereocenters. The van der Waals surface area contributed by atoms with Crippen molar-refractivity contribution in [2.75, 3.05) is 6.61 Å². The minimum atomic E-state index is -0.775. The standard InChI is InChI=1S/C22H25N3O4/c1-13(15-7-4-3-5-8-15)23-22(29)21-17(12-26)16-11-24-18(9-6-10-19(24)28)20(16)25(21)14(2)27/h3-10,13,16-17,20-21,26H,11-12H2,1-2H3,(H,23,29)/t13-,16-,17-,20+,21-/m1/s1. The van der Waals surface area contributed by atoms with Crippen LogP contribution in [0.2, 0.25) is 0 Å². The summed E-state index contributed by atoms with van der Waals surface area (Å²) in [4.78, 5) is 39.6. The highest BCUT2D eigenvalue weighted by Gasteiger charge is 2.56. The van der Waals surface area contributed by atoms with Gasteiger partial charge in [-0.1, -0.05) is 36.4 Å². The van der Waals surface area contributed by atoms with Gasteiger partial charge in [-0.05, 0) is 18.6 Å². The highest BCUT2D eigenvalue weighted by atomic mass is 16.3. The van der Waals surface area contributed by atoms with Crippen LogP contribution in [0.15, 0.2) is 53.3 Å². The molecule has 1 aromatic carbocycles. The number of pyridine rings is 1. The number of carbonyl (C=O) groups excluding carboxylic acids is 2. The number of hydrogen-bond acceptors (Lipinski definition) is 4. The summed E-state index contributed by atoms with van der Waals surface area (Å²) in [6.45, 7) is 3.49. The Balaban J connectivity index is 1.67. The van der Waals surface area contributed by atoms with Crippen LogP contribution < -0.4 is 10.9 Å². The Kier molecular flexibility index (Phi) is 5.00. The summed E-state index contributed by atoms with van der Waals surface area (Å²) in [6.07, 6.45) is 0. The number of amides is 2. The maximum absolute atomic E-state index is 13.2. The molecule has 1 aromatic heterocycles. The van der Waals surface area contributed by atoms with Crippen molar-refractivity contribution in [2.45, 2.75) is 38.5 Å². The second kappa shape index (κ2) is 7.48. The average Bonchev–Trinajstić information content (AvgIpc) is 3.24. The maximum atomic E-state index is 13.2. The minimum Gasteiger partial charge on any atom is -0.396 e. The van der Waals surface area contributed by atoms with E-state index in [4.69, 9.17) is 0 Å². The summed E-state index contributed by atoms with van der Waals surface area (Å²) < 4.78 is 1.65. The van der Waals surface area contributed by atoms with Gasteiger partial charge in [0.1, 0.15) is 6.04 Å². The van der Waals surface area contributed by atoms with Gasteiger partial charge < -0.3 is 19.9 Å². The zero-order valence-electron chi connectivity index (χ0n) is 16.5. The second-order valence-electron chi connectivity index (χ2n) is 7.87. The zero-order chi connectivity index (χ0) is 20.7. The van der Waals surface area contributed by atoms with Gasteiger partial charge in [0.05, 0.1) is 12.1 Å². The van der Waals surface area contributed by atoms with E-state index in [9.17, 15) is 19.5 Å². The summed E-state index contributed by atoms with van der Waals surface area (Å²) >= 11 is 0. The molecule has 0 aliphatic carbocycles. The van der Waals surface area contributed by atoms with Crippen LogP contribution in [0.1, 0.15) is 37.2 Å². The molecule has 0 bridgehead atoms. The van der Waals surface area contributed by atoms with Crippen molar-refractivity contribution < 1.29 is 14.7 Å². The molecule has 7 heteroatoms. The third kappa shape index (κ3) is 3.15. The first kappa shape index (κ1) is 19.4. The van der Waals surface area contributed by atoms with Gasteiger partial charge in [0.15, 0.2) is 0 Å². The molecule has 1 fully saturated rings. The van der Waals surface area contributed by atoms with Crippen LogP contribution in [-0.2, 0) is 16.1 Å². The van der Waals surface area contributed by atoms with E-state index in [1.165, 1.54) is 13.0 Å². The molecule has 2 aliphatic heterocycles. The fraction of sp³-hybridized carbons (Fsp3) is 0.409. The van der Waals surface area contributed by atoms with Gasteiger partial charge in [-0.25, -0.2) is 0 Å². The lowest BCUT2D eigenvalue weighted by atomic mass is 9.88. The first-order valence-electron chi connectivity index (χ1n) is 9.89. The molecule has 152 valence electrons. The van der Waals surface area contributed by atoms with Crippen molar-refractivity contribution in [1.82, 2.24) is 14.8 Å². The molecule has 0 unspecified atom stereocenters. The lowest BCUT2D eigenvalue weighted by molar-refractivity contribution is -0.140. The molecule has 29 heavy (non-hydrogen) atoms. The molecule has 0 saturated carbocycles. The molecule has 0 spiro atoms. The highest BCUT2D eigenvalue weighted by Crippen LogP contribution is 2.49. The van der Waals surface area contributed by atoms with Crippen LogP contribution in [0.4, 0.5) is 0 Å². The van der Waals surface area contributed by atoms with E-state index in [-0.39, 0.29) is 42.0 Å². The molecule has 2 N–H and O–H groups in total. The predicted molar refractivity (Wildman–Crippen MR) is 107 cm³/mol. The zero-order valence-corrected chi connectivity index (χ0v) is 16.5.